The topological polar surface area (TPSA) is 39.1 Å². The molecule has 0 fully saturated rings. The molecule has 1 aliphatic carbocycles. The van der Waals surface area contributed by atoms with Crippen molar-refractivity contribution in [1.82, 2.24) is 4.57 Å². The molecule has 0 saturated heterocycles. The van der Waals surface area contributed by atoms with E-state index in [4.69, 9.17) is 0 Å². The first-order valence-corrected chi connectivity index (χ1v) is 10.8. The van der Waals surface area contributed by atoms with Gasteiger partial charge in [0.2, 0.25) is 0 Å². The monoisotopic (exact) mass is 421 g/mol. The molecule has 0 unspecified atom stereocenters. The maximum absolute atomic E-state index is 12.9. The van der Waals surface area contributed by atoms with E-state index in [1.165, 1.54) is 0 Å². The van der Waals surface area contributed by atoms with Gasteiger partial charge in [-0.15, -0.1) is 11.3 Å². The molecule has 1 aliphatic rings. The zero-order valence-corrected chi connectivity index (χ0v) is 18.3. The van der Waals surface area contributed by atoms with Crippen LogP contribution in [0, 0.1) is 25.7 Å². The summed E-state index contributed by atoms with van der Waals surface area (Å²) < 4.78 is 3.12. The minimum atomic E-state index is -0.185. The number of fused-ring (bicyclic) bond motifs is 2. The number of benzene rings is 2. The van der Waals surface area contributed by atoms with Gasteiger partial charge in [0.25, 0.3) is 0 Å². The minimum absolute atomic E-state index is 0.185. The molecular formula is C27H19NO2S. The molecular weight excluding hydrogens is 402 g/mol. The number of nitrogens with zero attached hydrogens (tertiary/aromatic N) is 1. The normalized spacial score (nSPS) is 12.8. The maximum Gasteiger partial charge on any atom is 0.197 e. The molecule has 4 aromatic rings. The molecule has 150 valence electrons. The molecule has 0 bridgehead atoms. The molecule has 2 aromatic heterocycles. The Morgan fingerprint density at radius 2 is 1.52 bits per heavy atom. The van der Waals surface area contributed by atoms with E-state index in [2.05, 4.69) is 17.9 Å². The third-order valence-electron chi connectivity index (χ3n) is 5.76. The number of aromatic nitrogens is 1. The average Bonchev–Trinajstić information content (AvgIpc) is 3.36. The second kappa shape index (κ2) is 7.23. The molecule has 5 rings (SSSR count). The average molecular weight is 422 g/mol. The molecule has 0 saturated carbocycles. The zero-order chi connectivity index (χ0) is 21.7. The number of rotatable bonds is 1. The highest BCUT2D eigenvalue weighted by Crippen LogP contribution is 2.34. The predicted octanol–water partition coefficient (Wildman–Crippen LogP) is 5.72. The van der Waals surface area contributed by atoms with Gasteiger partial charge in [0, 0.05) is 28.6 Å². The first-order chi connectivity index (χ1) is 14.9. The van der Waals surface area contributed by atoms with Crippen LogP contribution in [0.2, 0.25) is 0 Å². The summed E-state index contributed by atoms with van der Waals surface area (Å²) >= 11 is 1.56. The van der Waals surface area contributed by atoms with Gasteiger partial charge in [0.15, 0.2) is 11.6 Å². The first-order valence-electron chi connectivity index (χ1n) is 10.0. The van der Waals surface area contributed by atoms with Crippen LogP contribution < -0.4 is 0 Å². The van der Waals surface area contributed by atoms with Gasteiger partial charge < -0.3 is 4.57 Å². The van der Waals surface area contributed by atoms with Crippen molar-refractivity contribution < 1.29 is 9.59 Å². The van der Waals surface area contributed by atoms with Gasteiger partial charge in [-0.1, -0.05) is 24.1 Å². The summed E-state index contributed by atoms with van der Waals surface area (Å²) in [5.41, 5.74) is 6.25. The van der Waals surface area contributed by atoms with E-state index in [9.17, 15) is 9.59 Å². The van der Waals surface area contributed by atoms with Crippen LogP contribution in [-0.4, -0.2) is 16.1 Å². The van der Waals surface area contributed by atoms with Crippen molar-refractivity contribution in [2.45, 2.75) is 13.8 Å². The van der Waals surface area contributed by atoms with Gasteiger partial charge in [-0.2, -0.15) is 0 Å². The zero-order valence-electron chi connectivity index (χ0n) is 17.4. The van der Waals surface area contributed by atoms with E-state index in [1.54, 1.807) is 17.4 Å². The summed E-state index contributed by atoms with van der Waals surface area (Å²) in [4.78, 5) is 26.6. The van der Waals surface area contributed by atoms with E-state index in [-0.39, 0.29) is 17.1 Å². The molecule has 2 aromatic carbocycles. The summed E-state index contributed by atoms with van der Waals surface area (Å²) in [6.07, 6.45) is 1.73. The quantitative estimate of drug-likeness (QED) is 0.224. The summed E-state index contributed by atoms with van der Waals surface area (Å²) in [5.74, 6) is 6.05. The fourth-order valence-corrected chi connectivity index (χ4v) is 4.91. The Morgan fingerprint density at radius 3 is 2.13 bits per heavy atom. The van der Waals surface area contributed by atoms with Crippen molar-refractivity contribution in [3.05, 3.63) is 98.6 Å². The third kappa shape index (κ3) is 3.24. The lowest BCUT2D eigenvalue weighted by Gasteiger charge is -2.01. The molecule has 0 N–H and O–H groups in total. The van der Waals surface area contributed by atoms with E-state index in [0.717, 1.165) is 37.5 Å². The molecule has 2 heterocycles. The van der Waals surface area contributed by atoms with Crippen LogP contribution in [0.3, 0.4) is 0 Å². The molecule has 4 heteroatoms. The number of allylic oxidation sites excluding steroid dienone is 1. The lowest BCUT2D eigenvalue weighted by atomic mass is 10.0. The van der Waals surface area contributed by atoms with Crippen molar-refractivity contribution >= 4 is 39.2 Å². The number of aryl methyl sites for hydroxylation is 3. The third-order valence-corrected chi connectivity index (χ3v) is 6.78. The molecule has 0 amide bonds. The van der Waals surface area contributed by atoms with Crippen LogP contribution in [-0.2, 0) is 7.05 Å². The van der Waals surface area contributed by atoms with Crippen LogP contribution in [0.5, 0.6) is 0 Å². The smallest absolute Gasteiger partial charge is 0.197 e. The number of Topliss-reactive ketones (excluding diaryl/α,β-unsaturated/α-hetero) is 2. The van der Waals surface area contributed by atoms with Crippen molar-refractivity contribution in [3.63, 3.8) is 0 Å². The summed E-state index contributed by atoms with van der Waals surface area (Å²) in [5, 5.41) is 0. The van der Waals surface area contributed by atoms with Crippen LogP contribution in [0.25, 0.3) is 16.3 Å². The molecule has 0 atom stereocenters. The minimum Gasteiger partial charge on any atom is -0.336 e. The number of hydrogen-bond acceptors (Lipinski definition) is 3. The number of thiophene rings is 1. The van der Waals surface area contributed by atoms with Gasteiger partial charge >= 0.3 is 0 Å². The van der Waals surface area contributed by atoms with Crippen molar-refractivity contribution in [2.75, 3.05) is 0 Å². The predicted molar refractivity (Wildman–Crippen MR) is 126 cm³/mol. The SMILES string of the molecule is Cc1cc2c(cc1C)C(=O)C(=Cc1cc3c(cc(C#Cc4ccccc4)n3C)s1)C2=O. The lowest BCUT2D eigenvalue weighted by Crippen LogP contribution is -1.99. The Hall–Kier alpha value is -3.68. The lowest BCUT2D eigenvalue weighted by molar-refractivity contribution is 0.0990. The second-order valence-corrected chi connectivity index (χ2v) is 8.92. The molecule has 31 heavy (non-hydrogen) atoms. The summed E-state index contributed by atoms with van der Waals surface area (Å²) in [6.45, 7) is 3.92. The van der Waals surface area contributed by atoms with Gasteiger partial charge in [0.1, 0.15) is 0 Å². The van der Waals surface area contributed by atoms with E-state index >= 15 is 0 Å². The van der Waals surface area contributed by atoms with Crippen LogP contribution in [0.15, 0.2) is 60.2 Å². The van der Waals surface area contributed by atoms with Crippen LogP contribution in [0.4, 0.5) is 0 Å². The van der Waals surface area contributed by atoms with Crippen LogP contribution >= 0.6 is 11.3 Å². The fourth-order valence-electron chi connectivity index (χ4n) is 3.84. The number of carbonyl (C=O) groups is 2. The highest BCUT2D eigenvalue weighted by atomic mass is 32.1. The Kier molecular flexibility index (Phi) is 4.50. The summed E-state index contributed by atoms with van der Waals surface area (Å²) in [6, 6.07) is 17.6. The second-order valence-electron chi connectivity index (χ2n) is 7.80. The fraction of sp³-hybridized carbons (Fsp3) is 0.111. The van der Waals surface area contributed by atoms with E-state index in [1.807, 2.05) is 74.0 Å². The maximum atomic E-state index is 12.9. The van der Waals surface area contributed by atoms with Gasteiger partial charge in [-0.05, 0) is 73.4 Å². The van der Waals surface area contributed by atoms with Crippen LogP contribution in [0.1, 0.15) is 48.0 Å². The van der Waals surface area contributed by atoms with Gasteiger partial charge in [0.05, 0.1) is 21.5 Å². The molecule has 3 nitrogen and oxygen atoms in total. The number of carbonyl (C=O) groups excluding carboxylic acids is 2. The number of ketones is 2. The van der Waals surface area contributed by atoms with E-state index < -0.39 is 0 Å². The number of hydrogen-bond donors (Lipinski definition) is 0. The van der Waals surface area contributed by atoms with Crippen molar-refractivity contribution in [3.8, 4) is 11.8 Å². The van der Waals surface area contributed by atoms with Crippen molar-refractivity contribution in [1.29, 1.82) is 0 Å². The first kappa shape index (κ1) is 19.3. The highest BCUT2D eigenvalue weighted by molar-refractivity contribution is 7.19. The molecule has 0 aliphatic heterocycles. The Balaban J connectivity index is 1.50. The molecule has 0 radical (unpaired) electrons. The van der Waals surface area contributed by atoms with E-state index in [0.29, 0.717) is 11.1 Å². The largest absolute Gasteiger partial charge is 0.336 e. The van der Waals surface area contributed by atoms with Gasteiger partial charge in [-0.3, -0.25) is 9.59 Å². The van der Waals surface area contributed by atoms with Crippen molar-refractivity contribution in [2.24, 2.45) is 7.05 Å². The highest BCUT2D eigenvalue weighted by Gasteiger charge is 2.33. The Labute approximate surface area is 184 Å². The molecule has 0 spiro atoms. The Morgan fingerprint density at radius 1 is 0.871 bits per heavy atom. The Bertz CT molecular complexity index is 1440. The van der Waals surface area contributed by atoms with Gasteiger partial charge in [-0.25, -0.2) is 0 Å². The standard InChI is InChI=1S/C27H19NO2S/c1-16-11-21-22(12-17(16)2)27(30)23(26(21)29)14-20-15-24-25(31-20)13-19(28(24)3)10-9-18-7-5-4-6-8-18/h4-8,11-15H,1-3H3. The summed E-state index contributed by atoms with van der Waals surface area (Å²) in [7, 11) is 1.98.